The van der Waals surface area contributed by atoms with Gasteiger partial charge >= 0.3 is 0 Å². The molecule has 1 heterocycles. The van der Waals surface area contributed by atoms with E-state index in [2.05, 4.69) is 5.32 Å². The molecule has 0 saturated carbocycles. The van der Waals surface area contributed by atoms with Gasteiger partial charge in [0.15, 0.2) is 0 Å². The van der Waals surface area contributed by atoms with Crippen LogP contribution in [0, 0.1) is 5.41 Å². The van der Waals surface area contributed by atoms with Crippen molar-refractivity contribution < 1.29 is 9.59 Å². The van der Waals surface area contributed by atoms with Crippen LogP contribution in [-0.2, 0) is 9.59 Å². The fourth-order valence-electron chi connectivity index (χ4n) is 1.61. The van der Waals surface area contributed by atoms with E-state index < -0.39 is 12.1 Å². The van der Waals surface area contributed by atoms with Crippen LogP contribution in [0.4, 0.5) is 0 Å². The number of likely N-dealkylation sites (tertiary alicyclic amines) is 1. The summed E-state index contributed by atoms with van der Waals surface area (Å²) in [6.07, 6.45) is 0.665. The average molecular weight is 227 g/mol. The van der Waals surface area contributed by atoms with Crippen LogP contribution in [-0.4, -0.2) is 42.4 Å². The number of carbonyl (C=O) groups excluding carboxylic acids is 2. The van der Waals surface area contributed by atoms with E-state index in [1.165, 1.54) is 0 Å². The Hall–Kier alpha value is -1.10. The third-order valence-corrected chi connectivity index (χ3v) is 2.96. The largest absolute Gasteiger partial charge is 0.344 e. The van der Waals surface area contributed by atoms with Crippen molar-refractivity contribution in [2.45, 2.75) is 39.3 Å². The first-order valence-electron chi connectivity index (χ1n) is 5.54. The maximum absolute atomic E-state index is 11.8. The fraction of sp³-hybridized carbons (Fsp3) is 0.818. The van der Waals surface area contributed by atoms with E-state index >= 15 is 0 Å². The topological polar surface area (TPSA) is 75.4 Å². The van der Waals surface area contributed by atoms with Gasteiger partial charge in [-0.25, -0.2) is 0 Å². The van der Waals surface area contributed by atoms with Crippen LogP contribution >= 0.6 is 0 Å². The maximum atomic E-state index is 11.8. The molecule has 0 aromatic carbocycles. The van der Waals surface area contributed by atoms with Crippen molar-refractivity contribution in [1.82, 2.24) is 10.2 Å². The lowest BCUT2D eigenvalue weighted by Gasteiger charge is -2.26. The summed E-state index contributed by atoms with van der Waals surface area (Å²) in [4.78, 5) is 25.0. The first-order chi connectivity index (χ1) is 7.23. The minimum absolute atomic E-state index is 0.0329. The highest BCUT2D eigenvalue weighted by atomic mass is 16.2. The molecule has 1 aliphatic rings. The zero-order valence-corrected chi connectivity index (χ0v) is 10.4. The van der Waals surface area contributed by atoms with Crippen molar-refractivity contribution >= 4 is 11.8 Å². The highest BCUT2D eigenvalue weighted by molar-refractivity contribution is 5.91. The highest BCUT2D eigenvalue weighted by Gasteiger charge is 2.34. The van der Waals surface area contributed by atoms with Crippen LogP contribution in [0.1, 0.15) is 27.2 Å². The summed E-state index contributed by atoms with van der Waals surface area (Å²) in [6.45, 7) is 6.40. The Labute approximate surface area is 96.4 Å². The number of nitrogens with two attached hydrogens (primary N) is 1. The lowest BCUT2D eigenvalue weighted by Crippen LogP contribution is -2.52. The van der Waals surface area contributed by atoms with Crippen LogP contribution in [0.3, 0.4) is 0 Å². The summed E-state index contributed by atoms with van der Waals surface area (Å²) in [7, 11) is 1.73. The van der Waals surface area contributed by atoms with E-state index in [0.717, 1.165) is 0 Å². The Balaban J connectivity index is 2.56. The van der Waals surface area contributed by atoms with E-state index in [1.54, 1.807) is 11.9 Å². The van der Waals surface area contributed by atoms with Gasteiger partial charge in [-0.2, -0.15) is 0 Å². The summed E-state index contributed by atoms with van der Waals surface area (Å²) in [5.74, 6) is -0.282. The van der Waals surface area contributed by atoms with Gasteiger partial charge < -0.3 is 16.0 Å². The van der Waals surface area contributed by atoms with Gasteiger partial charge in [0, 0.05) is 13.6 Å². The number of nitrogens with one attached hydrogen (secondary N) is 1. The highest BCUT2D eigenvalue weighted by Crippen LogP contribution is 2.18. The van der Waals surface area contributed by atoms with Crippen molar-refractivity contribution in [1.29, 1.82) is 0 Å². The number of hydrogen-bond acceptors (Lipinski definition) is 3. The van der Waals surface area contributed by atoms with Crippen LogP contribution in [0.15, 0.2) is 0 Å². The predicted octanol–water partition coefficient (Wildman–Crippen LogP) is -0.293. The predicted molar refractivity (Wildman–Crippen MR) is 61.6 cm³/mol. The molecule has 0 radical (unpaired) electrons. The molecule has 2 atom stereocenters. The number of likely N-dealkylation sites (N-methyl/N-ethyl adjacent to an activating group) is 1. The van der Waals surface area contributed by atoms with Crippen LogP contribution in [0.2, 0.25) is 0 Å². The van der Waals surface area contributed by atoms with Crippen molar-refractivity contribution in [2.24, 2.45) is 11.1 Å². The van der Waals surface area contributed by atoms with E-state index in [4.69, 9.17) is 5.73 Å². The molecule has 0 aromatic heterocycles. The van der Waals surface area contributed by atoms with Gasteiger partial charge in [0.1, 0.15) is 6.04 Å². The quantitative estimate of drug-likeness (QED) is 0.680. The molecule has 0 aromatic rings. The van der Waals surface area contributed by atoms with Gasteiger partial charge in [-0.05, 0) is 11.8 Å². The summed E-state index contributed by atoms with van der Waals surface area (Å²) in [5.41, 5.74) is 5.52. The van der Waals surface area contributed by atoms with Gasteiger partial charge in [0.2, 0.25) is 11.8 Å². The third kappa shape index (κ3) is 2.72. The van der Waals surface area contributed by atoms with Crippen LogP contribution < -0.4 is 11.1 Å². The number of nitrogens with zero attached hydrogens (tertiary/aromatic N) is 1. The van der Waals surface area contributed by atoms with Crippen LogP contribution in [0.5, 0.6) is 0 Å². The molecule has 1 rings (SSSR count). The van der Waals surface area contributed by atoms with Crippen LogP contribution in [0.25, 0.3) is 0 Å². The lowest BCUT2D eigenvalue weighted by atomic mass is 9.87. The molecule has 5 nitrogen and oxygen atoms in total. The minimum Gasteiger partial charge on any atom is -0.344 e. The molecule has 0 bridgehead atoms. The number of amides is 2. The third-order valence-electron chi connectivity index (χ3n) is 2.96. The summed E-state index contributed by atoms with van der Waals surface area (Å²) in [6, 6.07) is -0.989. The van der Waals surface area contributed by atoms with Gasteiger partial charge in [-0.1, -0.05) is 20.8 Å². The average Bonchev–Trinajstić information content (AvgIpc) is 2.47. The molecular weight excluding hydrogens is 206 g/mol. The smallest absolute Gasteiger partial charge is 0.244 e. The lowest BCUT2D eigenvalue weighted by molar-refractivity contribution is -0.133. The van der Waals surface area contributed by atoms with Crippen molar-refractivity contribution in [3.63, 3.8) is 0 Å². The first kappa shape index (κ1) is 13.0. The molecule has 1 fully saturated rings. The molecular formula is C11H21N3O2. The summed E-state index contributed by atoms with van der Waals surface area (Å²) >= 11 is 0. The monoisotopic (exact) mass is 227 g/mol. The molecule has 2 amide bonds. The van der Waals surface area contributed by atoms with E-state index in [9.17, 15) is 9.59 Å². The molecule has 1 saturated heterocycles. The summed E-state index contributed by atoms with van der Waals surface area (Å²) in [5, 5.41) is 2.71. The number of rotatable bonds is 2. The SMILES string of the molecule is CN1CCC(NC(=O)[C@H](N)C(C)(C)C)C1=O. The zero-order chi connectivity index (χ0) is 12.5. The number of carbonyl (C=O) groups is 2. The molecule has 0 spiro atoms. The Morgan fingerprint density at radius 3 is 2.50 bits per heavy atom. The second kappa shape index (κ2) is 4.41. The van der Waals surface area contributed by atoms with Crippen molar-refractivity contribution in [2.75, 3.05) is 13.6 Å². The van der Waals surface area contributed by atoms with E-state index in [1.807, 2.05) is 20.8 Å². The normalized spacial score (nSPS) is 23.4. The molecule has 92 valence electrons. The van der Waals surface area contributed by atoms with Crippen molar-refractivity contribution in [3.8, 4) is 0 Å². The number of hydrogen-bond donors (Lipinski definition) is 2. The first-order valence-corrected chi connectivity index (χ1v) is 5.54. The van der Waals surface area contributed by atoms with Crippen molar-refractivity contribution in [3.05, 3.63) is 0 Å². The molecule has 3 N–H and O–H groups in total. The Morgan fingerprint density at radius 2 is 2.12 bits per heavy atom. The Kier molecular flexibility index (Phi) is 3.57. The minimum atomic E-state index is -0.591. The zero-order valence-electron chi connectivity index (χ0n) is 10.4. The standard InChI is InChI=1S/C11H21N3O2/c1-11(2,3)8(12)9(15)13-7-5-6-14(4)10(7)16/h7-8H,5-6,12H2,1-4H3,(H,13,15)/t7?,8-/m0/s1. The maximum Gasteiger partial charge on any atom is 0.244 e. The molecule has 5 heteroatoms. The molecule has 1 unspecified atom stereocenters. The van der Waals surface area contributed by atoms with Gasteiger partial charge in [-0.15, -0.1) is 0 Å². The second-order valence-electron chi connectivity index (χ2n) is 5.45. The van der Waals surface area contributed by atoms with Gasteiger partial charge in [0.05, 0.1) is 6.04 Å². The second-order valence-corrected chi connectivity index (χ2v) is 5.45. The summed E-state index contributed by atoms with van der Waals surface area (Å²) < 4.78 is 0. The van der Waals surface area contributed by atoms with Gasteiger partial charge in [-0.3, -0.25) is 9.59 Å². The molecule has 0 aliphatic carbocycles. The fourth-order valence-corrected chi connectivity index (χ4v) is 1.61. The van der Waals surface area contributed by atoms with Gasteiger partial charge in [0.25, 0.3) is 0 Å². The molecule has 1 aliphatic heterocycles. The Morgan fingerprint density at radius 1 is 1.56 bits per heavy atom. The molecule has 16 heavy (non-hydrogen) atoms. The van der Waals surface area contributed by atoms with E-state index in [0.29, 0.717) is 13.0 Å². The van der Waals surface area contributed by atoms with E-state index in [-0.39, 0.29) is 17.2 Å². The Bertz CT molecular complexity index is 296.